The molecule has 0 spiro atoms. The van der Waals surface area contributed by atoms with Gasteiger partial charge in [0.15, 0.2) is 6.29 Å². The fourth-order valence-corrected chi connectivity index (χ4v) is 7.26. The third-order valence-electron chi connectivity index (χ3n) is 11.1. The van der Waals surface area contributed by atoms with Crippen LogP contribution in [0.25, 0.3) is 0 Å². The van der Waals surface area contributed by atoms with Crippen LogP contribution in [0.5, 0.6) is 0 Å². The standard InChI is InChI=1S/C49H89NO8/c1-3-5-7-9-11-13-15-17-19-21-22-23-24-26-28-30-32-34-36-38-43(52)42(41-57-49-48(56)47(55)46(54)44(40-51)58-49)50-45(53)39-37-35-33-31-29-27-25-20-18-16-14-12-10-8-6-4-2/h14,16,20,25,28,30,36,38,42-44,46-49,51-52,54-56H,3-13,15,17-19,21-24,26-27,29,31-35,37,39-41H2,1-2H3,(H,50,53)/b16-14-,25-20-,30-28+,38-36+. The monoisotopic (exact) mass is 820 g/mol. The minimum atomic E-state index is -1.57. The average Bonchev–Trinajstić information content (AvgIpc) is 3.22. The van der Waals surface area contributed by atoms with Gasteiger partial charge in [-0.1, -0.05) is 178 Å². The van der Waals surface area contributed by atoms with Gasteiger partial charge in [0.05, 0.1) is 25.4 Å². The van der Waals surface area contributed by atoms with E-state index >= 15 is 0 Å². The Morgan fingerprint density at radius 1 is 0.586 bits per heavy atom. The maximum absolute atomic E-state index is 13.0. The van der Waals surface area contributed by atoms with Gasteiger partial charge in [0.2, 0.25) is 5.91 Å². The van der Waals surface area contributed by atoms with Crippen molar-refractivity contribution >= 4 is 5.91 Å². The Bertz CT molecular complexity index is 1050. The van der Waals surface area contributed by atoms with Crippen molar-refractivity contribution < 1.29 is 39.8 Å². The van der Waals surface area contributed by atoms with E-state index in [2.05, 4.69) is 55.6 Å². The van der Waals surface area contributed by atoms with Crippen LogP contribution in [0.1, 0.15) is 200 Å². The van der Waals surface area contributed by atoms with E-state index in [9.17, 15) is 30.3 Å². The number of aliphatic hydroxyl groups is 5. The van der Waals surface area contributed by atoms with E-state index in [0.29, 0.717) is 6.42 Å². The van der Waals surface area contributed by atoms with Gasteiger partial charge in [-0.15, -0.1) is 0 Å². The first-order valence-electron chi connectivity index (χ1n) is 23.9. The molecular weight excluding hydrogens is 731 g/mol. The number of nitrogens with one attached hydrogen (secondary N) is 1. The minimum Gasteiger partial charge on any atom is -0.394 e. The zero-order chi connectivity index (χ0) is 42.3. The van der Waals surface area contributed by atoms with Crippen LogP contribution in [0.4, 0.5) is 0 Å². The molecule has 9 nitrogen and oxygen atoms in total. The number of carbonyl (C=O) groups excluding carboxylic acids is 1. The van der Waals surface area contributed by atoms with Crippen molar-refractivity contribution in [2.75, 3.05) is 13.2 Å². The van der Waals surface area contributed by atoms with E-state index in [-0.39, 0.29) is 12.5 Å². The molecule has 6 N–H and O–H groups in total. The van der Waals surface area contributed by atoms with Crippen LogP contribution in [-0.2, 0) is 14.3 Å². The maximum Gasteiger partial charge on any atom is 0.220 e. The quantitative estimate of drug-likeness (QED) is 0.0265. The molecule has 0 radical (unpaired) electrons. The van der Waals surface area contributed by atoms with Crippen molar-refractivity contribution in [3.05, 3.63) is 48.6 Å². The van der Waals surface area contributed by atoms with Crippen LogP contribution in [0, 0.1) is 0 Å². The van der Waals surface area contributed by atoms with Crippen molar-refractivity contribution in [2.45, 2.75) is 243 Å². The van der Waals surface area contributed by atoms with E-state index in [1.54, 1.807) is 6.08 Å². The third-order valence-corrected chi connectivity index (χ3v) is 11.1. The van der Waals surface area contributed by atoms with Crippen LogP contribution in [-0.4, -0.2) is 87.5 Å². The molecule has 338 valence electrons. The van der Waals surface area contributed by atoms with E-state index in [1.807, 2.05) is 6.08 Å². The van der Waals surface area contributed by atoms with Gasteiger partial charge in [-0.25, -0.2) is 0 Å². The molecule has 1 aliphatic heterocycles. The number of rotatable bonds is 39. The predicted octanol–water partition coefficient (Wildman–Crippen LogP) is 10.2. The first-order chi connectivity index (χ1) is 28.3. The lowest BCUT2D eigenvalue weighted by Gasteiger charge is -2.40. The lowest BCUT2D eigenvalue weighted by molar-refractivity contribution is -0.302. The Labute approximate surface area is 354 Å². The fraction of sp³-hybridized carbons (Fsp3) is 0.816. The van der Waals surface area contributed by atoms with Crippen LogP contribution in [0.3, 0.4) is 0 Å². The number of amides is 1. The highest BCUT2D eigenvalue weighted by Gasteiger charge is 2.44. The van der Waals surface area contributed by atoms with Crippen molar-refractivity contribution in [2.24, 2.45) is 0 Å². The van der Waals surface area contributed by atoms with E-state index < -0.39 is 49.5 Å². The molecule has 7 unspecified atom stereocenters. The van der Waals surface area contributed by atoms with Gasteiger partial charge in [-0.05, 0) is 64.2 Å². The lowest BCUT2D eigenvalue weighted by Crippen LogP contribution is -2.60. The summed E-state index contributed by atoms with van der Waals surface area (Å²) in [4.78, 5) is 13.0. The van der Waals surface area contributed by atoms with Crippen LogP contribution < -0.4 is 5.32 Å². The summed E-state index contributed by atoms with van der Waals surface area (Å²) in [6.45, 7) is 3.73. The molecule has 1 aliphatic rings. The molecule has 0 aromatic rings. The van der Waals surface area contributed by atoms with Crippen LogP contribution >= 0.6 is 0 Å². The number of aliphatic hydroxyl groups excluding tert-OH is 5. The largest absolute Gasteiger partial charge is 0.394 e. The fourth-order valence-electron chi connectivity index (χ4n) is 7.26. The molecule has 1 rings (SSSR count). The van der Waals surface area contributed by atoms with Crippen LogP contribution in [0.2, 0.25) is 0 Å². The molecule has 0 aromatic carbocycles. The van der Waals surface area contributed by atoms with Gasteiger partial charge < -0.3 is 40.3 Å². The Balaban J connectivity index is 2.38. The average molecular weight is 820 g/mol. The van der Waals surface area contributed by atoms with Crippen molar-refractivity contribution in [3.8, 4) is 0 Å². The minimum absolute atomic E-state index is 0.202. The number of allylic oxidation sites excluding steroid dienone is 7. The Kier molecular flexibility index (Phi) is 36.7. The highest BCUT2D eigenvalue weighted by molar-refractivity contribution is 5.76. The highest BCUT2D eigenvalue weighted by atomic mass is 16.7. The number of hydrogen-bond acceptors (Lipinski definition) is 8. The topological polar surface area (TPSA) is 149 Å². The Morgan fingerprint density at radius 3 is 1.57 bits per heavy atom. The second-order valence-electron chi connectivity index (χ2n) is 16.5. The van der Waals surface area contributed by atoms with E-state index in [4.69, 9.17) is 9.47 Å². The summed E-state index contributed by atoms with van der Waals surface area (Å²) in [5.41, 5.74) is 0. The second kappa shape index (κ2) is 39.3. The van der Waals surface area contributed by atoms with Gasteiger partial charge in [0, 0.05) is 6.42 Å². The summed E-state index contributed by atoms with van der Waals surface area (Å²) in [5, 5.41) is 54.2. The molecule has 1 saturated heterocycles. The van der Waals surface area contributed by atoms with Gasteiger partial charge in [-0.2, -0.15) is 0 Å². The molecule has 7 atom stereocenters. The summed E-state index contributed by atoms with van der Waals surface area (Å²) in [7, 11) is 0. The number of carbonyl (C=O) groups is 1. The lowest BCUT2D eigenvalue weighted by atomic mass is 9.99. The first-order valence-corrected chi connectivity index (χ1v) is 23.9. The van der Waals surface area contributed by atoms with Crippen molar-refractivity contribution in [1.82, 2.24) is 5.32 Å². The van der Waals surface area contributed by atoms with Crippen LogP contribution in [0.15, 0.2) is 48.6 Å². The second-order valence-corrected chi connectivity index (χ2v) is 16.5. The number of unbranched alkanes of at least 4 members (excludes halogenated alkanes) is 23. The molecular formula is C49H89NO8. The number of hydrogen-bond donors (Lipinski definition) is 6. The molecule has 9 heteroatoms. The smallest absolute Gasteiger partial charge is 0.220 e. The SMILES string of the molecule is CCCCCC/C=C\C/C=C\CCCCCCCC(=O)NC(COC1OC(CO)C(O)C(O)C1O)C(O)/C=C/CC/C=C/CCCCCCCCCCCCCCC. The highest BCUT2D eigenvalue weighted by Crippen LogP contribution is 2.22. The Hall–Kier alpha value is -1.85. The third kappa shape index (κ3) is 29.4. The number of ether oxygens (including phenoxy) is 2. The first kappa shape index (κ1) is 54.2. The van der Waals surface area contributed by atoms with Gasteiger partial charge >= 0.3 is 0 Å². The molecule has 1 heterocycles. The Morgan fingerprint density at radius 2 is 1.03 bits per heavy atom. The van der Waals surface area contributed by atoms with Gasteiger partial charge in [-0.3, -0.25) is 4.79 Å². The summed E-state index contributed by atoms with van der Waals surface area (Å²) in [6.07, 6.45) is 43.0. The molecule has 58 heavy (non-hydrogen) atoms. The molecule has 0 saturated carbocycles. The predicted molar refractivity (Wildman–Crippen MR) is 239 cm³/mol. The van der Waals surface area contributed by atoms with Crippen molar-refractivity contribution in [3.63, 3.8) is 0 Å². The summed E-state index contributed by atoms with van der Waals surface area (Å²) in [5.74, 6) is -0.202. The molecule has 0 bridgehead atoms. The zero-order valence-corrected chi connectivity index (χ0v) is 37.0. The van der Waals surface area contributed by atoms with E-state index in [1.165, 1.54) is 116 Å². The summed E-state index contributed by atoms with van der Waals surface area (Å²) < 4.78 is 11.2. The van der Waals surface area contributed by atoms with Crippen molar-refractivity contribution in [1.29, 1.82) is 0 Å². The van der Waals surface area contributed by atoms with Gasteiger partial charge in [0.1, 0.15) is 24.4 Å². The zero-order valence-electron chi connectivity index (χ0n) is 37.0. The maximum atomic E-state index is 13.0. The molecule has 0 aliphatic carbocycles. The molecule has 0 aromatic heterocycles. The van der Waals surface area contributed by atoms with Gasteiger partial charge in [0.25, 0.3) is 0 Å². The van der Waals surface area contributed by atoms with E-state index in [0.717, 1.165) is 64.2 Å². The normalized spacial score (nSPS) is 21.3. The summed E-state index contributed by atoms with van der Waals surface area (Å²) >= 11 is 0. The summed E-state index contributed by atoms with van der Waals surface area (Å²) in [6, 6.07) is -0.829. The molecule has 1 fully saturated rings. The molecule has 1 amide bonds.